The van der Waals surface area contributed by atoms with Crippen LogP contribution >= 0.6 is 0 Å². The van der Waals surface area contributed by atoms with Gasteiger partial charge in [-0.15, -0.1) is 0 Å². The Labute approximate surface area is 147 Å². The first kappa shape index (κ1) is 18.8. The van der Waals surface area contributed by atoms with Crippen LogP contribution in [-0.4, -0.2) is 35.1 Å². The first-order valence-electron chi connectivity index (χ1n) is 7.54. The summed E-state index contributed by atoms with van der Waals surface area (Å²) < 4.78 is 36.6. The van der Waals surface area contributed by atoms with Crippen LogP contribution in [0.25, 0.3) is 0 Å². The molecular weight excluding hydrogens is 344 g/mol. The fourth-order valence-corrected chi connectivity index (χ4v) is 3.21. The van der Waals surface area contributed by atoms with Gasteiger partial charge in [0, 0.05) is 18.2 Å². The lowest BCUT2D eigenvalue weighted by Crippen LogP contribution is -2.23. The molecule has 2 rings (SSSR count). The Hall–Kier alpha value is -2.58. The molecule has 0 unspecified atom stereocenters. The highest BCUT2D eigenvalue weighted by Gasteiger charge is 2.15. The van der Waals surface area contributed by atoms with E-state index in [-0.39, 0.29) is 10.8 Å². The summed E-state index contributed by atoms with van der Waals surface area (Å²) in [4.78, 5) is 12.5. The molecule has 0 aliphatic carbocycles. The number of carbonyl (C=O) groups excluding carboxylic acids is 1. The van der Waals surface area contributed by atoms with Gasteiger partial charge in [-0.3, -0.25) is 4.79 Å². The largest absolute Gasteiger partial charge is 0.497 e. The summed E-state index contributed by atoms with van der Waals surface area (Å²) in [6.07, 6.45) is 0. The zero-order valence-corrected chi connectivity index (χ0v) is 15.0. The molecule has 0 bridgehead atoms. The van der Waals surface area contributed by atoms with Crippen LogP contribution in [0.4, 0.5) is 5.69 Å². The average molecular weight is 364 g/mol. The molecule has 0 atom stereocenters. The zero-order chi connectivity index (χ0) is 18.4. The second-order valence-electron chi connectivity index (χ2n) is 5.05. The summed E-state index contributed by atoms with van der Waals surface area (Å²) in [5, 5.41) is 2.73. The van der Waals surface area contributed by atoms with Gasteiger partial charge >= 0.3 is 0 Å². The van der Waals surface area contributed by atoms with Gasteiger partial charge in [0.2, 0.25) is 10.0 Å². The lowest BCUT2D eigenvalue weighted by Gasteiger charge is -2.12. The molecule has 0 radical (unpaired) electrons. The van der Waals surface area contributed by atoms with E-state index in [1.165, 1.54) is 38.5 Å². The van der Waals surface area contributed by atoms with E-state index < -0.39 is 10.0 Å². The highest BCUT2D eigenvalue weighted by molar-refractivity contribution is 7.89. The van der Waals surface area contributed by atoms with Crippen molar-refractivity contribution in [3.8, 4) is 11.5 Å². The summed E-state index contributed by atoms with van der Waals surface area (Å²) in [5.41, 5.74) is 0.775. The number of hydrogen-bond acceptors (Lipinski definition) is 5. The minimum Gasteiger partial charge on any atom is -0.497 e. The molecule has 0 aliphatic rings. The molecule has 134 valence electrons. The van der Waals surface area contributed by atoms with Crippen LogP contribution in [0.1, 0.15) is 17.3 Å². The quantitative estimate of drug-likeness (QED) is 0.786. The molecule has 7 nitrogen and oxygen atoms in total. The molecule has 1 amide bonds. The monoisotopic (exact) mass is 364 g/mol. The van der Waals surface area contributed by atoms with Crippen LogP contribution in [-0.2, 0) is 10.0 Å². The third-order valence-electron chi connectivity index (χ3n) is 3.42. The topological polar surface area (TPSA) is 93.7 Å². The van der Waals surface area contributed by atoms with Crippen molar-refractivity contribution in [2.45, 2.75) is 11.8 Å². The van der Waals surface area contributed by atoms with E-state index in [9.17, 15) is 13.2 Å². The first-order chi connectivity index (χ1) is 11.9. The number of amides is 1. The normalized spacial score (nSPS) is 11.0. The van der Waals surface area contributed by atoms with Crippen LogP contribution < -0.4 is 19.5 Å². The van der Waals surface area contributed by atoms with E-state index in [1.54, 1.807) is 25.1 Å². The van der Waals surface area contributed by atoms with Gasteiger partial charge in [0.1, 0.15) is 11.5 Å². The molecule has 0 spiro atoms. The summed E-state index contributed by atoms with van der Waals surface area (Å²) >= 11 is 0. The highest BCUT2D eigenvalue weighted by atomic mass is 32.2. The fraction of sp³-hybridized carbons (Fsp3) is 0.235. The van der Waals surface area contributed by atoms with Crippen molar-refractivity contribution in [3.05, 3.63) is 48.0 Å². The molecule has 0 aliphatic heterocycles. The van der Waals surface area contributed by atoms with Gasteiger partial charge in [-0.05, 0) is 36.4 Å². The number of benzene rings is 2. The Bertz CT molecular complexity index is 848. The Morgan fingerprint density at radius 2 is 1.72 bits per heavy atom. The lowest BCUT2D eigenvalue weighted by molar-refractivity contribution is 0.102. The minimum absolute atomic E-state index is 0.102. The van der Waals surface area contributed by atoms with E-state index in [4.69, 9.17) is 9.47 Å². The predicted molar refractivity (Wildman–Crippen MR) is 94.8 cm³/mol. The Balaban J connectivity index is 2.22. The number of nitrogens with one attached hydrogen (secondary N) is 2. The van der Waals surface area contributed by atoms with Crippen molar-refractivity contribution < 1.29 is 22.7 Å². The molecular formula is C17H20N2O5S. The Morgan fingerprint density at radius 3 is 2.28 bits per heavy atom. The van der Waals surface area contributed by atoms with Crippen LogP contribution in [0.2, 0.25) is 0 Å². The summed E-state index contributed by atoms with van der Waals surface area (Å²) in [6, 6.07) is 10.7. The fourth-order valence-electron chi connectivity index (χ4n) is 2.17. The number of methoxy groups -OCH3 is 2. The van der Waals surface area contributed by atoms with Crippen molar-refractivity contribution >= 4 is 21.6 Å². The van der Waals surface area contributed by atoms with Crippen molar-refractivity contribution in [2.75, 3.05) is 26.1 Å². The van der Waals surface area contributed by atoms with Crippen molar-refractivity contribution in [1.29, 1.82) is 0 Å². The predicted octanol–water partition coefficient (Wildman–Crippen LogP) is 2.25. The smallest absolute Gasteiger partial charge is 0.255 e. The van der Waals surface area contributed by atoms with Gasteiger partial charge in [-0.1, -0.05) is 6.92 Å². The van der Waals surface area contributed by atoms with Crippen molar-refractivity contribution in [3.63, 3.8) is 0 Å². The van der Waals surface area contributed by atoms with Crippen LogP contribution in [0.5, 0.6) is 11.5 Å². The maximum Gasteiger partial charge on any atom is 0.255 e. The van der Waals surface area contributed by atoms with E-state index >= 15 is 0 Å². The SMILES string of the molecule is CCNS(=O)(=O)c1ccc(C(=O)Nc2cc(OC)ccc2OC)cc1. The number of sulfonamides is 1. The number of rotatable bonds is 7. The third kappa shape index (κ3) is 4.49. The van der Waals surface area contributed by atoms with Crippen LogP contribution in [0.3, 0.4) is 0 Å². The number of ether oxygens (including phenoxy) is 2. The molecule has 0 heterocycles. The minimum atomic E-state index is -3.55. The van der Waals surface area contributed by atoms with Crippen LogP contribution in [0.15, 0.2) is 47.4 Å². The third-order valence-corrected chi connectivity index (χ3v) is 4.98. The Kier molecular flexibility index (Phi) is 6.00. The maximum absolute atomic E-state index is 12.4. The second-order valence-corrected chi connectivity index (χ2v) is 6.81. The van der Waals surface area contributed by atoms with E-state index in [0.717, 1.165) is 0 Å². The van der Waals surface area contributed by atoms with Gasteiger partial charge in [-0.25, -0.2) is 13.1 Å². The molecule has 2 aromatic rings. The molecule has 0 saturated heterocycles. The average Bonchev–Trinajstić information content (AvgIpc) is 2.61. The number of hydrogen-bond donors (Lipinski definition) is 2. The van der Waals surface area contributed by atoms with Gasteiger partial charge in [-0.2, -0.15) is 0 Å². The maximum atomic E-state index is 12.4. The van der Waals surface area contributed by atoms with Gasteiger partial charge in [0.05, 0.1) is 24.8 Å². The summed E-state index contributed by atoms with van der Waals surface area (Å²) in [6.45, 7) is 1.99. The van der Waals surface area contributed by atoms with Crippen molar-refractivity contribution in [2.24, 2.45) is 0 Å². The highest BCUT2D eigenvalue weighted by Crippen LogP contribution is 2.29. The van der Waals surface area contributed by atoms with Gasteiger partial charge in [0.25, 0.3) is 5.91 Å². The van der Waals surface area contributed by atoms with E-state index in [1.807, 2.05) is 0 Å². The first-order valence-corrected chi connectivity index (χ1v) is 9.02. The van der Waals surface area contributed by atoms with Crippen LogP contribution in [0, 0.1) is 0 Å². The lowest BCUT2D eigenvalue weighted by atomic mass is 10.2. The molecule has 0 fully saturated rings. The molecule has 8 heteroatoms. The molecule has 2 N–H and O–H groups in total. The zero-order valence-electron chi connectivity index (χ0n) is 14.2. The molecule has 0 aromatic heterocycles. The standard InChI is InChI=1S/C17H20N2O5S/c1-4-18-25(21,22)14-8-5-12(6-9-14)17(20)19-15-11-13(23-2)7-10-16(15)24-3/h5-11,18H,4H2,1-3H3,(H,19,20). The Morgan fingerprint density at radius 1 is 1.04 bits per heavy atom. The molecule has 0 saturated carbocycles. The molecule has 25 heavy (non-hydrogen) atoms. The van der Waals surface area contributed by atoms with Gasteiger partial charge in [0.15, 0.2) is 0 Å². The van der Waals surface area contributed by atoms with E-state index in [2.05, 4.69) is 10.0 Å². The van der Waals surface area contributed by atoms with Crippen molar-refractivity contribution in [1.82, 2.24) is 4.72 Å². The number of carbonyl (C=O) groups is 1. The van der Waals surface area contributed by atoms with Gasteiger partial charge < -0.3 is 14.8 Å². The van der Waals surface area contributed by atoms with E-state index in [0.29, 0.717) is 29.3 Å². The molecule has 2 aromatic carbocycles. The second kappa shape index (κ2) is 8.00. The summed E-state index contributed by atoms with van der Waals surface area (Å²) in [7, 11) is -0.527. The number of anilines is 1. The summed E-state index contributed by atoms with van der Waals surface area (Å²) in [5.74, 6) is 0.669.